The number of nitrogens with two attached hydrogens (primary N) is 1. The molecular weight excluding hydrogens is 307 g/mol. The lowest BCUT2D eigenvalue weighted by Crippen LogP contribution is -2.46. The van der Waals surface area contributed by atoms with Gasteiger partial charge in [-0.25, -0.2) is 4.39 Å². The van der Waals surface area contributed by atoms with E-state index in [-0.39, 0.29) is 35.5 Å². The van der Waals surface area contributed by atoms with Gasteiger partial charge in [-0.3, -0.25) is 4.79 Å². The molecule has 1 atom stereocenters. The van der Waals surface area contributed by atoms with Gasteiger partial charge in [-0.05, 0) is 30.5 Å². The normalized spacial score (nSPS) is 18.1. The number of rotatable bonds is 5. The van der Waals surface area contributed by atoms with Gasteiger partial charge in [0.25, 0.3) is 0 Å². The van der Waals surface area contributed by atoms with E-state index >= 15 is 0 Å². The van der Waals surface area contributed by atoms with Crippen molar-refractivity contribution in [3.8, 4) is 0 Å². The number of benzene rings is 1. The summed E-state index contributed by atoms with van der Waals surface area (Å²) in [4.78, 5) is 12.0. The van der Waals surface area contributed by atoms with Crippen molar-refractivity contribution >= 4 is 18.3 Å². The van der Waals surface area contributed by atoms with Crippen LogP contribution in [0, 0.1) is 11.7 Å². The molecule has 0 spiro atoms. The number of hydrogen-bond acceptors (Lipinski definition) is 3. The molecule has 6 heteroatoms. The van der Waals surface area contributed by atoms with Crippen LogP contribution in [0.1, 0.15) is 25.3 Å². The predicted octanol–water partition coefficient (Wildman–Crippen LogP) is 2.01. The second-order valence-corrected chi connectivity index (χ2v) is 5.75. The molecule has 1 unspecified atom stereocenters. The van der Waals surface area contributed by atoms with Crippen molar-refractivity contribution in [2.24, 2.45) is 11.7 Å². The third kappa shape index (κ3) is 4.41. The van der Waals surface area contributed by atoms with Crippen molar-refractivity contribution in [1.29, 1.82) is 0 Å². The molecule has 22 heavy (non-hydrogen) atoms. The van der Waals surface area contributed by atoms with Gasteiger partial charge in [0.15, 0.2) is 0 Å². The van der Waals surface area contributed by atoms with Crippen LogP contribution in [-0.2, 0) is 14.9 Å². The molecule has 3 N–H and O–H groups in total. The molecule has 0 aliphatic carbocycles. The highest BCUT2D eigenvalue weighted by atomic mass is 35.5. The molecule has 1 aromatic rings. The fraction of sp³-hybridized carbons (Fsp3) is 0.562. The predicted molar refractivity (Wildman–Crippen MR) is 86.6 cm³/mol. The molecule has 0 radical (unpaired) electrons. The molecule has 1 amide bonds. The Morgan fingerprint density at radius 2 is 1.95 bits per heavy atom. The van der Waals surface area contributed by atoms with Crippen LogP contribution in [0.2, 0.25) is 0 Å². The Morgan fingerprint density at radius 1 is 1.36 bits per heavy atom. The van der Waals surface area contributed by atoms with E-state index in [1.807, 2.05) is 6.92 Å². The van der Waals surface area contributed by atoms with Crippen LogP contribution in [0.5, 0.6) is 0 Å². The minimum absolute atomic E-state index is 0. The summed E-state index contributed by atoms with van der Waals surface area (Å²) in [6.45, 7) is 3.98. The van der Waals surface area contributed by atoms with Crippen LogP contribution in [0.15, 0.2) is 24.3 Å². The Kier molecular flexibility index (Phi) is 7.26. The summed E-state index contributed by atoms with van der Waals surface area (Å²) in [5.41, 5.74) is 6.38. The minimum Gasteiger partial charge on any atom is -0.381 e. The molecule has 1 heterocycles. The lowest BCUT2D eigenvalue weighted by Gasteiger charge is -2.38. The zero-order valence-corrected chi connectivity index (χ0v) is 13.6. The molecule has 2 rings (SSSR count). The minimum atomic E-state index is -0.248. The van der Waals surface area contributed by atoms with E-state index in [2.05, 4.69) is 5.32 Å². The molecule has 124 valence electrons. The van der Waals surface area contributed by atoms with Gasteiger partial charge in [-0.15, -0.1) is 12.4 Å². The zero-order valence-electron chi connectivity index (χ0n) is 12.8. The summed E-state index contributed by atoms with van der Waals surface area (Å²) in [6.07, 6.45) is 1.63. The smallest absolute Gasteiger partial charge is 0.224 e. The fourth-order valence-electron chi connectivity index (χ4n) is 2.67. The quantitative estimate of drug-likeness (QED) is 0.868. The first kappa shape index (κ1) is 18.9. The highest BCUT2D eigenvalue weighted by Crippen LogP contribution is 2.34. The maximum atomic E-state index is 13.1. The number of ether oxygens (including phenoxy) is 1. The lowest BCUT2D eigenvalue weighted by atomic mass is 9.74. The number of amides is 1. The Hall–Kier alpha value is -1.17. The first-order valence-corrected chi connectivity index (χ1v) is 7.39. The number of hydrogen-bond donors (Lipinski definition) is 2. The first-order valence-electron chi connectivity index (χ1n) is 7.39. The number of halogens is 2. The van der Waals surface area contributed by atoms with E-state index in [0.29, 0.717) is 26.3 Å². The fourth-order valence-corrected chi connectivity index (χ4v) is 2.67. The van der Waals surface area contributed by atoms with Gasteiger partial charge in [0.1, 0.15) is 5.82 Å². The maximum Gasteiger partial charge on any atom is 0.224 e. The van der Waals surface area contributed by atoms with Crippen molar-refractivity contribution < 1.29 is 13.9 Å². The SMILES string of the molecule is CC(CN)C(=O)NCC1(c2ccc(F)cc2)CCOCC1.Cl. The molecule has 0 aromatic heterocycles. The van der Waals surface area contributed by atoms with E-state index in [1.165, 1.54) is 12.1 Å². The summed E-state index contributed by atoms with van der Waals surface area (Å²) < 4.78 is 18.6. The highest BCUT2D eigenvalue weighted by molar-refractivity contribution is 5.85. The van der Waals surface area contributed by atoms with Crippen LogP contribution >= 0.6 is 12.4 Å². The Morgan fingerprint density at radius 3 is 2.50 bits per heavy atom. The summed E-state index contributed by atoms with van der Waals surface area (Å²) in [5, 5.41) is 2.99. The molecule has 1 aliphatic heterocycles. The Balaban J connectivity index is 0.00000242. The average molecular weight is 331 g/mol. The second-order valence-electron chi connectivity index (χ2n) is 5.75. The Labute approximate surface area is 137 Å². The van der Waals surface area contributed by atoms with Gasteiger partial charge in [0.05, 0.1) is 0 Å². The van der Waals surface area contributed by atoms with Crippen LogP contribution in [0.4, 0.5) is 4.39 Å². The molecule has 0 saturated carbocycles. The molecule has 1 aromatic carbocycles. The topological polar surface area (TPSA) is 64.4 Å². The van der Waals surface area contributed by atoms with Crippen LogP contribution in [0.3, 0.4) is 0 Å². The number of nitrogens with one attached hydrogen (secondary N) is 1. The summed E-state index contributed by atoms with van der Waals surface area (Å²) in [5.74, 6) is -0.484. The van der Waals surface area contributed by atoms with Gasteiger partial charge in [-0.1, -0.05) is 19.1 Å². The van der Waals surface area contributed by atoms with Gasteiger partial charge < -0.3 is 15.8 Å². The number of carbonyl (C=O) groups excluding carboxylic acids is 1. The van der Waals surface area contributed by atoms with E-state index < -0.39 is 0 Å². The number of carbonyl (C=O) groups is 1. The van der Waals surface area contributed by atoms with Crippen molar-refractivity contribution in [2.45, 2.75) is 25.2 Å². The molecular formula is C16H24ClFN2O2. The molecule has 1 saturated heterocycles. The molecule has 1 aliphatic rings. The summed E-state index contributed by atoms with van der Waals surface area (Å²) >= 11 is 0. The van der Waals surface area contributed by atoms with Gasteiger partial charge in [-0.2, -0.15) is 0 Å². The second kappa shape index (κ2) is 8.46. The van der Waals surface area contributed by atoms with Crippen LogP contribution < -0.4 is 11.1 Å². The van der Waals surface area contributed by atoms with Gasteiger partial charge in [0, 0.05) is 37.6 Å². The average Bonchev–Trinajstić information content (AvgIpc) is 2.53. The standard InChI is InChI=1S/C16H23FN2O2.ClH/c1-12(10-18)15(20)19-11-16(6-8-21-9-7-16)13-2-4-14(17)5-3-13;/h2-5,12H,6-11,18H2,1H3,(H,19,20);1H. The van der Waals surface area contributed by atoms with Crippen molar-refractivity contribution in [2.75, 3.05) is 26.3 Å². The summed E-state index contributed by atoms with van der Waals surface area (Å²) in [7, 11) is 0. The van der Waals surface area contributed by atoms with Crippen molar-refractivity contribution in [3.63, 3.8) is 0 Å². The van der Waals surface area contributed by atoms with Crippen LogP contribution in [0.25, 0.3) is 0 Å². The third-order valence-corrected chi connectivity index (χ3v) is 4.31. The van der Waals surface area contributed by atoms with E-state index in [1.54, 1.807) is 12.1 Å². The van der Waals surface area contributed by atoms with Crippen LogP contribution in [-0.4, -0.2) is 32.2 Å². The molecule has 0 bridgehead atoms. The highest BCUT2D eigenvalue weighted by Gasteiger charge is 2.35. The monoisotopic (exact) mass is 330 g/mol. The molecule has 1 fully saturated rings. The van der Waals surface area contributed by atoms with Gasteiger partial charge in [0.2, 0.25) is 5.91 Å². The lowest BCUT2D eigenvalue weighted by molar-refractivity contribution is -0.124. The van der Waals surface area contributed by atoms with E-state index in [4.69, 9.17) is 10.5 Å². The molecule has 4 nitrogen and oxygen atoms in total. The first-order chi connectivity index (χ1) is 10.1. The van der Waals surface area contributed by atoms with E-state index in [0.717, 1.165) is 18.4 Å². The third-order valence-electron chi connectivity index (χ3n) is 4.31. The maximum absolute atomic E-state index is 13.1. The van der Waals surface area contributed by atoms with E-state index in [9.17, 15) is 9.18 Å². The van der Waals surface area contributed by atoms with Crippen molar-refractivity contribution in [1.82, 2.24) is 5.32 Å². The Bertz CT molecular complexity index is 476. The van der Waals surface area contributed by atoms with Gasteiger partial charge >= 0.3 is 0 Å². The van der Waals surface area contributed by atoms with Crippen molar-refractivity contribution in [3.05, 3.63) is 35.6 Å². The largest absolute Gasteiger partial charge is 0.381 e. The zero-order chi connectivity index (χ0) is 15.3. The summed E-state index contributed by atoms with van der Waals surface area (Å²) in [6, 6.07) is 6.55.